The first-order valence-electron chi connectivity index (χ1n) is 7.49. The summed E-state index contributed by atoms with van der Waals surface area (Å²) >= 11 is 2.00. The second-order valence-electron chi connectivity index (χ2n) is 5.01. The molecule has 2 rings (SSSR count). The van der Waals surface area contributed by atoms with Crippen LogP contribution < -0.4 is 5.32 Å². The van der Waals surface area contributed by atoms with E-state index in [1.54, 1.807) is 0 Å². The lowest BCUT2D eigenvalue weighted by Gasteiger charge is -2.17. The molecule has 108 valence electrons. The van der Waals surface area contributed by atoms with E-state index < -0.39 is 0 Å². The standard InChI is InChI=1S/C17H24N2S/c1-3-11-18-16(13-20-4-2)12-15-10-9-14-7-5-6-8-17(14)19-15/h5-10,16,18H,3-4,11-13H2,1-2H3. The Labute approximate surface area is 126 Å². The molecule has 20 heavy (non-hydrogen) atoms. The number of pyridine rings is 1. The van der Waals surface area contributed by atoms with Crippen LogP contribution in [-0.4, -0.2) is 29.1 Å². The van der Waals surface area contributed by atoms with Crippen molar-refractivity contribution in [1.82, 2.24) is 10.3 Å². The molecule has 0 aliphatic carbocycles. The molecule has 2 aromatic rings. The van der Waals surface area contributed by atoms with Crippen LogP contribution in [0.25, 0.3) is 10.9 Å². The number of benzene rings is 1. The maximum absolute atomic E-state index is 4.78. The van der Waals surface area contributed by atoms with Crippen LogP contribution in [0.15, 0.2) is 36.4 Å². The molecule has 1 heterocycles. The van der Waals surface area contributed by atoms with Crippen molar-refractivity contribution in [3.05, 3.63) is 42.1 Å². The van der Waals surface area contributed by atoms with Crippen LogP contribution in [0.3, 0.4) is 0 Å². The fourth-order valence-electron chi connectivity index (χ4n) is 2.27. The number of para-hydroxylation sites is 1. The minimum Gasteiger partial charge on any atom is -0.313 e. The summed E-state index contributed by atoms with van der Waals surface area (Å²) in [7, 11) is 0. The van der Waals surface area contributed by atoms with Gasteiger partial charge < -0.3 is 5.32 Å². The summed E-state index contributed by atoms with van der Waals surface area (Å²) in [6, 6.07) is 13.2. The van der Waals surface area contributed by atoms with E-state index in [1.807, 2.05) is 11.8 Å². The predicted octanol–water partition coefficient (Wildman–Crippen LogP) is 3.90. The van der Waals surface area contributed by atoms with Gasteiger partial charge >= 0.3 is 0 Å². The lowest BCUT2D eigenvalue weighted by molar-refractivity contribution is 0.546. The first kappa shape index (κ1) is 15.3. The molecule has 0 amide bonds. The van der Waals surface area contributed by atoms with Crippen molar-refractivity contribution < 1.29 is 0 Å². The molecule has 1 aromatic heterocycles. The third-order valence-corrected chi connectivity index (χ3v) is 4.36. The van der Waals surface area contributed by atoms with Gasteiger partial charge in [0.1, 0.15) is 0 Å². The molecule has 2 nitrogen and oxygen atoms in total. The third kappa shape index (κ3) is 4.50. The summed E-state index contributed by atoms with van der Waals surface area (Å²) in [6.07, 6.45) is 2.19. The molecule has 1 aromatic carbocycles. The summed E-state index contributed by atoms with van der Waals surface area (Å²) in [5.74, 6) is 2.33. The number of nitrogens with zero attached hydrogens (tertiary/aromatic N) is 1. The van der Waals surface area contributed by atoms with Crippen LogP contribution in [-0.2, 0) is 6.42 Å². The van der Waals surface area contributed by atoms with Crippen LogP contribution in [0.2, 0.25) is 0 Å². The molecule has 0 saturated carbocycles. The van der Waals surface area contributed by atoms with E-state index in [4.69, 9.17) is 4.98 Å². The minimum atomic E-state index is 0.522. The Balaban J connectivity index is 2.06. The molecule has 1 atom stereocenters. The maximum Gasteiger partial charge on any atom is 0.0705 e. The number of fused-ring (bicyclic) bond motifs is 1. The minimum absolute atomic E-state index is 0.522. The highest BCUT2D eigenvalue weighted by Gasteiger charge is 2.10. The van der Waals surface area contributed by atoms with E-state index in [9.17, 15) is 0 Å². The average molecular weight is 288 g/mol. The molecule has 0 saturated heterocycles. The molecular formula is C17H24N2S. The number of hydrogen-bond donors (Lipinski definition) is 1. The largest absolute Gasteiger partial charge is 0.313 e. The highest BCUT2D eigenvalue weighted by atomic mass is 32.2. The summed E-state index contributed by atoms with van der Waals surface area (Å²) in [5, 5.41) is 4.86. The van der Waals surface area contributed by atoms with Crippen LogP contribution in [0.1, 0.15) is 26.0 Å². The van der Waals surface area contributed by atoms with E-state index >= 15 is 0 Å². The highest BCUT2D eigenvalue weighted by molar-refractivity contribution is 7.99. The molecule has 0 radical (unpaired) electrons. The fourth-order valence-corrected chi connectivity index (χ4v) is 3.03. The molecule has 0 aliphatic heterocycles. The van der Waals surface area contributed by atoms with Crippen molar-refractivity contribution in [1.29, 1.82) is 0 Å². The van der Waals surface area contributed by atoms with Crippen LogP contribution >= 0.6 is 11.8 Å². The second kappa shape index (κ2) is 8.28. The van der Waals surface area contributed by atoms with Gasteiger partial charge in [-0.3, -0.25) is 4.98 Å². The van der Waals surface area contributed by atoms with E-state index in [1.165, 1.54) is 23.3 Å². The molecule has 0 bridgehead atoms. The molecule has 3 heteroatoms. The lowest BCUT2D eigenvalue weighted by atomic mass is 10.1. The third-order valence-electron chi connectivity index (χ3n) is 3.32. The highest BCUT2D eigenvalue weighted by Crippen LogP contribution is 2.14. The summed E-state index contributed by atoms with van der Waals surface area (Å²) in [5.41, 5.74) is 2.29. The number of aromatic nitrogens is 1. The predicted molar refractivity (Wildman–Crippen MR) is 90.5 cm³/mol. The van der Waals surface area contributed by atoms with Gasteiger partial charge in [-0.2, -0.15) is 11.8 Å². The average Bonchev–Trinajstić information content (AvgIpc) is 2.50. The van der Waals surface area contributed by atoms with Crippen molar-refractivity contribution in [2.24, 2.45) is 0 Å². The van der Waals surface area contributed by atoms with Gasteiger partial charge in [0, 0.05) is 29.3 Å². The first-order chi connectivity index (χ1) is 9.83. The van der Waals surface area contributed by atoms with Crippen molar-refractivity contribution >= 4 is 22.7 Å². The van der Waals surface area contributed by atoms with Crippen molar-refractivity contribution in [2.75, 3.05) is 18.1 Å². The molecule has 1 unspecified atom stereocenters. The van der Waals surface area contributed by atoms with Gasteiger partial charge in [-0.05, 0) is 30.9 Å². The van der Waals surface area contributed by atoms with Gasteiger partial charge in [-0.25, -0.2) is 0 Å². The van der Waals surface area contributed by atoms with E-state index in [2.05, 4.69) is 55.6 Å². The van der Waals surface area contributed by atoms with Crippen LogP contribution in [0.5, 0.6) is 0 Å². The van der Waals surface area contributed by atoms with Gasteiger partial charge in [0.25, 0.3) is 0 Å². The molecule has 1 N–H and O–H groups in total. The zero-order valence-corrected chi connectivity index (χ0v) is 13.2. The van der Waals surface area contributed by atoms with Gasteiger partial charge in [-0.15, -0.1) is 0 Å². The van der Waals surface area contributed by atoms with Gasteiger partial charge in [-0.1, -0.05) is 38.1 Å². The Morgan fingerprint density at radius 1 is 1.15 bits per heavy atom. The topological polar surface area (TPSA) is 24.9 Å². The van der Waals surface area contributed by atoms with E-state index in [0.717, 1.165) is 24.2 Å². The van der Waals surface area contributed by atoms with Crippen molar-refractivity contribution in [3.8, 4) is 0 Å². The molecule has 0 fully saturated rings. The van der Waals surface area contributed by atoms with E-state index in [0.29, 0.717) is 6.04 Å². The summed E-state index contributed by atoms with van der Waals surface area (Å²) in [6.45, 7) is 5.52. The number of rotatable bonds is 8. The molecule has 0 aliphatic rings. The quantitative estimate of drug-likeness (QED) is 0.797. The molecular weight excluding hydrogens is 264 g/mol. The lowest BCUT2D eigenvalue weighted by Crippen LogP contribution is -2.34. The summed E-state index contributed by atoms with van der Waals surface area (Å²) < 4.78 is 0. The zero-order valence-electron chi connectivity index (χ0n) is 12.4. The monoisotopic (exact) mass is 288 g/mol. The number of hydrogen-bond acceptors (Lipinski definition) is 3. The Morgan fingerprint density at radius 2 is 2.00 bits per heavy atom. The Hall–Kier alpha value is -1.06. The smallest absolute Gasteiger partial charge is 0.0705 e. The maximum atomic E-state index is 4.78. The van der Waals surface area contributed by atoms with Gasteiger partial charge in [0.05, 0.1) is 5.52 Å². The van der Waals surface area contributed by atoms with E-state index in [-0.39, 0.29) is 0 Å². The number of nitrogens with one attached hydrogen (secondary N) is 1. The second-order valence-corrected chi connectivity index (χ2v) is 6.33. The van der Waals surface area contributed by atoms with Gasteiger partial charge in [0.15, 0.2) is 0 Å². The fraction of sp³-hybridized carbons (Fsp3) is 0.471. The normalized spacial score (nSPS) is 12.7. The zero-order chi connectivity index (χ0) is 14.2. The Bertz CT molecular complexity index is 519. The summed E-state index contributed by atoms with van der Waals surface area (Å²) in [4.78, 5) is 4.78. The Kier molecular flexibility index (Phi) is 6.34. The van der Waals surface area contributed by atoms with Crippen LogP contribution in [0, 0.1) is 0 Å². The molecule has 0 spiro atoms. The van der Waals surface area contributed by atoms with Gasteiger partial charge in [0.2, 0.25) is 0 Å². The Morgan fingerprint density at radius 3 is 2.80 bits per heavy atom. The number of thioether (sulfide) groups is 1. The van der Waals surface area contributed by atoms with Crippen molar-refractivity contribution in [2.45, 2.75) is 32.7 Å². The first-order valence-corrected chi connectivity index (χ1v) is 8.64. The SMILES string of the molecule is CCCNC(CSCC)Cc1ccc2ccccc2n1. The van der Waals surface area contributed by atoms with Crippen molar-refractivity contribution in [3.63, 3.8) is 0 Å². The van der Waals surface area contributed by atoms with Crippen LogP contribution in [0.4, 0.5) is 0 Å².